The van der Waals surface area contributed by atoms with E-state index in [0.717, 1.165) is 35.5 Å². The summed E-state index contributed by atoms with van der Waals surface area (Å²) >= 11 is 0. The highest BCUT2D eigenvalue weighted by Gasteiger charge is 2.16. The van der Waals surface area contributed by atoms with Crippen molar-refractivity contribution in [3.8, 4) is 17.0 Å². The molecule has 0 spiro atoms. The molecule has 5 heteroatoms. The van der Waals surface area contributed by atoms with Gasteiger partial charge in [-0.1, -0.05) is 12.1 Å². The van der Waals surface area contributed by atoms with E-state index in [1.165, 1.54) is 24.0 Å². The van der Waals surface area contributed by atoms with Gasteiger partial charge in [0.25, 0.3) is 5.91 Å². The Kier molecular flexibility index (Phi) is 4.92. The summed E-state index contributed by atoms with van der Waals surface area (Å²) in [5, 5.41) is 10.2. The molecule has 0 bridgehead atoms. The number of carbonyl (C=O) groups is 1. The molecule has 1 aromatic heterocycles. The first-order valence-corrected chi connectivity index (χ1v) is 9.45. The quantitative estimate of drug-likeness (QED) is 0.697. The van der Waals surface area contributed by atoms with Gasteiger partial charge in [-0.3, -0.25) is 9.89 Å². The first kappa shape index (κ1) is 17.3. The lowest BCUT2D eigenvalue weighted by Crippen LogP contribution is -2.15. The molecule has 1 amide bonds. The van der Waals surface area contributed by atoms with Crippen LogP contribution in [0.4, 0.5) is 5.69 Å². The third kappa shape index (κ3) is 3.72. The van der Waals surface area contributed by atoms with Crippen LogP contribution in [-0.2, 0) is 12.8 Å². The number of hydrogen-bond donors (Lipinski definition) is 2. The summed E-state index contributed by atoms with van der Waals surface area (Å²) < 4.78 is 5.46. The highest BCUT2D eigenvalue weighted by Crippen LogP contribution is 2.28. The van der Waals surface area contributed by atoms with Crippen LogP contribution in [-0.4, -0.2) is 22.7 Å². The van der Waals surface area contributed by atoms with Gasteiger partial charge in [-0.05, 0) is 80.1 Å². The maximum Gasteiger partial charge on any atom is 0.273 e. The Balaban J connectivity index is 1.51. The average Bonchev–Trinajstić information content (AvgIpc) is 3.19. The number of rotatable bonds is 5. The van der Waals surface area contributed by atoms with Crippen molar-refractivity contribution in [3.63, 3.8) is 0 Å². The molecule has 5 nitrogen and oxygen atoms in total. The van der Waals surface area contributed by atoms with Crippen LogP contribution in [0.1, 0.15) is 41.4 Å². The topological polar surface area (TPSA) is 67.0 Å². The first-order chi connectivity index (χ1) is 13.2. The third-order valence-corrected chi connectivity index (χ3v) is 4.93. The van der Waals surface area contributed by atoms with Gasteiger partial charge in [0.15, 0.2) is 0 Å². The molecule has 138 valence electrons. The molecule has 2 N–H and O–H groups in total. The molecule has 1 heterocycles. The fourth-order valence-corrected chi connectivity index (χ4v) is 3.56. The number of ether oxygens (including phenoxy) is 1. The van der Waals surface area contributed by atoms with Crippen LogP contribution in [0.2, 0.25) is 0 Å². The predicted octanol–water partition coefficient (Wildman–Crippen LogP) is 4.61. The zero-order valence-electron chi connectivity index (χ0n) is 15.4. The number of nitrogens with zero attached hydrogens (tertiary/aromatic N) is 1. The van der Waals surface area contributed by atoms with Gasteiger partial charge in [0, 0.05) is 11.3 Å². The number of carbonyl (C=O) groups excluding carboxylic acids is 1. The Labute approximate surface area is 158 Å². The van der Waals surface area contributed by atoms with E-state index in [9.17, 15) is 4.79 Å². The number of aromatic nitrogens is 2. The second-order valence-electron chi connectivity index (χ2n) is 6.73. The molecule has 0 atom stereocenters. The van der Waals surface area contributed by atoms with Crippen molar-refractivity contribution in [2.45, 2.75) is 32.6 Å². The monoisotopic (exact) mass is 361 g/mol. The van der Waals surface area contributed by atoms with Crippen molar-refractivity contribution in [1.82, 2.24) is 10.2 Å². The molecule has 0 saturated heterocycles. The zero-order valence-corrected chi connectivity index (χ0v) is 15.4. The number of nitrogens with one attached hydrogen (secondary N) is 2. The Morgan fingerprint density at radius 2 is 1.96 bits per heavy atom. The number of amides is 1. The lowest BCUT2D eigenvalue weighted by Gasteiger charge is -2.19. The fourth-order valence-electron chi connectivity index (χ4n) is 3.56. The normalized spacial score (nSPS) is 13.1. The van der Waals surface area contributed by atoms with Gasteiger partial charge in [0.1, 0.15) is 11.4 Å². The minimum Gasteiger partial charge on any atom is -0.494 e. The molecular weight excluding hydrogens is 338 g/mol. The van der Waals surface area contributed by atoms with Gasteiger partial charge in [-0.2, -0.15) is 5.10 Å². The van der Waals surface area contributed by atoms with Crippen molar-refractivity contribution in [2.24, 2.45) is 0 Å². The van der Waals surface area contributed by atoms with Gasteiger partial charge in [-0.25, -0.2) is 0 Å². The summed E-state index contributed by atoms with van der Waals surface area (Å²) in [4.78, 5) is 12.7. The van der Waals surface area contributed by atoms with E-state index in [1.807, 2.05) is 43.3 Å². The zero-order chi connectivity index (χ0) is 18.6. The lowest BCUT2D eigenvalue weighted by atomic mass is 9.90. The molecule has 27 heavy (non-hydrogen) atoms. The van der Waals surface area contributed by atoms with E-state index in [-0.39, 0.29) is 5.91 Å². The highest BCUT2D eigenvalue weighted by molar-refractivity contribution is 6.04. The first-order valence-electron chi connectivity index (χ1n) is 9.45. The lowest BCUT2D eigenvalue weighted by molar-refractivity contribution is 0.102. The number of H-pyrrole nitrogens is 1. The Morgan fingerprint density at radius 1 is 1.15 bits per heavy atom. The van der Waals surface area contributed by atoms with Crippen LogP contribution in [0.25, 0.3) is 11.3 Å². The average molecular weight is 361 g/mol. The van der Waals surface area contributed by atoms with Crippen molar-refractivity contribution >= 4 is 11.6 Å². The van der Waals surface area contributed by atoms with Crippen LogP contribution in [0, 0.1) is 0 Å². The number of anilines is 1. The molecule has 1 aliphatic carbocycles. The summed E-state index contributed by atoms with van der Waals surface area (Å²) in [7, 11) is 0. The standard InChI is InChI=1S/C22H23N3O2/c1-2-27-17-12-10-16(11-13-17)20-14-21(25-24-20)22(26)23-19-9-5-7-15-6-3-4-8-18(15)19/h5,7,9-14H,2-4,6,8H2,1H3,(H,23,26)(H,24,25). The molecule has 1 aliphatic rings. The largest absolute Gasteiger partial charge is 0.494 e. The molecule has 0 fully saturated rings. The Hall–Kier alpha value is -3.08. The highest BCUT2D eigenvalue weighted by atomic mass is 16.5. The van der Waals surface area contributed by atoms with Crippen molar-refractivity contribution in [2.75, 3.05) is 11.9 Å². The van der Waals surface area contributed by atoms with Crippen molar-refractivity contribution < 1.29 is 9.53 Å². The summed E-state index contributed by atoms with van der Waals surface area (Å²) in [6.07, 6.45) is 4.50. The van der Waals surface area contributed by atoms with Crippen LogP contribution in [0.15, 0.2) is 48.5 Å². The maximum atomic E-state index is 12.7. The second kappa shape index (κ2) is 7.66. The summed E-state index contributed by atoms with van der Waals surface area (Å²) in [6.45, 7) is 2.59. The number of hydrogen-bond acceptors (Lipinski definition) is 3. The van der Waals surface area contributed by atoms with Gasteiger partial charge < -0.3 is 10.1 Å². The number of aromatic amines is 1. The van der Waals surface area contributed by atoms with E-state index in [2.05, 4.69) is 21.6 Å². The fraction of sp³-hybridized carbons (Fsp3) is 0.273. The molecule has 4 rings (SSSR count). The number of benzene rings is 2. The predicted molar refractivity (Wildman–Crippen MR) is 106 cm³/mol. The van der Waals surface area contributed by atoms with Crippen LogP contribution < -0.4 is 10.1 Å². The van der Waals surface area contributed by atoms with Crippen LogP contribution in [0.3, 0.4) is 0 Å². The molecular formula is C22H23N3O2. The summed E-state index contributed by atoms with van der Waals surface area (Å²) in [6, 6.07) is 15.6. The van der Waals surface area contributed by atoms with Gasteiger partial charge in [-0.15, -0.1) is 0 Å². The molecule has 0 radical (unpaired) electrons. The summed E-state index contributed by atoms with van der Waals surface area (Å²) in [5.41, 5.74) is 5.65. The minimum absolute atomic E-state index is 0.168. The van der Waals surface area contributed by atoms with E-state index in [1.54, 1.807) is 6.07 Å². The van der Waals surface area contributed by atoms with Crippen molar-refractivity contribution in [3.05, 3.63) is 65.4 Å². The van der Waals surface area contributed by atoms with E-state index in [0.29, 0.717) is 12.3 Å². The molecule has 3 aromatic rings. The van der Waals surface area contributed by atoms with Crippen LogP contribution >= 0.6 is 0 Å². The molecule has 0 unspecified atom stereocenters. The smallest absolute Gasteiger partial charge is 0.273 e. The Bertz CT molecular complexity index is 944. The SMILES string of the molecule is CCOc1ccc(-c2cc(C(=O)Nc3cccc4c3CCCC4)[nH]n2)cc1. The van der Waals surface area contributed by atoms with E-state index < -0.39 is 0 Å². The minimum atomic E-state index is -0.168. The van der Waals surface area contributed by atoms with Gasteiger partial charge in [0.2, 0.25) is 0 Å². The maximum absolute atomic E-state index is 12.7. The van der Waals surface area contributed by atoms with Gasteiger partial charge in [0.05, 0.1) is 12.3 Å². The Morgan fingerprint density at radius 3 is 2.78 bits per heavy atom. The van der Waals surface area contributed by atoms with Gasteiger partial charge >= 0.3 is 0 Å². The molecule has 2 aromatic carbocycles. The van der Waals surface area contributed by atoms with Crippen molar-refractivity contribution in [1.29, 1.82) is 0 Å². The molecule has 0 saturated carbocycles. The second-order valence-corrected chi connectivity index (χ2v) is 6.73. The number of fused-ring (bicyclic) bond motifs is 1. The summed E-state index contributed by atoms with van der Waals surface area (Å²) in [5.74, 6) is 0.655. The number of aryl methyl sites for hydroxylation is 1. The molecule has 0 aliphatic heterocycles. The van der Waals surface area contributed by atoms with E-state index >= 15 is 0 Å². The van der Waals surface area contributed by atoms with E-state index in [4.69, 9.17) is 4.74 Å². The van der Waals surface area contributed by atoms with Crippen LogP contribution in [0.5, 0.6) is 5.75 Å². The third-order valence-electron chi connectivity index (χ3n) is 4.93.